The Balaban J connectivity index is 1.84. The van der Waals surface area contributed by atoms with E-state index in [-0.39, 0.29) is 5.75 Å². The van der Waals surface area contributed by atoms with Gasteiger partial charge in [0.25, 0.3) is 0 Å². The molecule has 0 bridgehead atoms. The van der Waals surface area contributed by atoms with Crippen molar-refractivity contribution in [3.05, 3.63) is 48.5 Å². The van der Waals surface area contributed by atoms with Gasteiger partial charge in [0.2, 0.25) is 0 Å². The molecule has 3 N–H and O–H groups in total. The van der Waals surface area contributed by atoms with Gasteiger partial charge in [0.1, 0.15) is 11.5 Å². The highest BCUT2D eigenvalue weighted by molar-refractivity contribution is 8.00. The first kappa shape index (κ1) is 20.5. The fourth-order valence-corrected chi connectivity index (χ4v) is 4.01. The van der Waals surface area contributed by atoms with Gasteiger partial charge in [0, 0.05) is 22.4 Å². The van der Waals surface area contributed by atoms with Crippen LogP contribution in [0.1, 0.15) is 51.9 Å². The number of phenolic OH excluding ortho intramolecular Hbond substituents is 2. The Kier molecular flexibility index (Phi) is 9.26. The zero-order valence-electron chi connectivity index (χ0n) is 15.7. The molecule has 0 aromatic heterocycles. The Labute approximate surface area is 161 Å². The quantitative estimate of drug-likeness (QED) is 0.228. The summed E-state index contributed by atoms with van der Waals surface area (Å²) in [6, 6.07) is 14.7. The van der Waals surface area contributed by atoms with Gasteiger partial charge in [-0.05, 0) is 55.0 Å². The molecule has 0 saturated heterocycles. The largest absolute Gasteiger partial charge is 0.508 e. The molecule has 142 valence electrons. The van der Waals surface area contributed by atoms with Crippen LogP contribution in [-0.4, -0.2) is 22.0 Å². The lowest BCUT2D eigenvalue weighted by Gasteiger charge is -2.18. The summed E-state index contributed by atoms with van der Waals surface area (Å²) in [5, 5.41) is 22.8. The van der Waals surface area contributed by atoms with Crippen molar-refractivity contribution in [3.63, 3.8) is 0 Å². The van der Waals surface area contributed by atoms with Crippen molar-refractivity contribution in [3.8, 4) is 11.5 Å². The van der Waals surface area contributed by atoms with Gasteiger partial charge in [-0.3, -0.25) is 0 Å². The van der Waals surface area contributed by atoms with Gasteiger partial charge in [0.05, 0.1) is 0 Å². The number of unbranched alkanes of at least 4 members (excludes halogenated alkanes) is 5. The smallest absolute Gasteiger partial charge is 0.115 e. The number of thioether (sulfide) groups is 1. The van der Waals surface area contributed by atoms with Crippen LogP contribution in [-0.2, 0) is 0 Å². The maximum absolute atomic E-state index is 9.47. The predicted octanol–water partition coefficient (Wildman–Crippen LogP) is 6.42. The molecule has 26 heavy (non-hydrogen) atoms. The summed E-state index contributed by atoms with van der Waals surface area (Å²) in [7, 11) is 0. The van der Waals surface area contributed by atoms with E-state index < -0.39 is 0 Å². The molecule has 0 aliphatic heterocycles. The van der Waals surface area contributed by atoms with Gasteiger partial charge in [-0.1, -0.05) is 45.4 Å². The molecule has 0 aliphatic rings. The third kappa shape index (κ3) is 8.05. The molecular formula is C22H31NO2S. The summed E-state index contributed by atoms with van der Waals surface area (Å²) >= 11 is 1.87. The van der Waals surface area contributed by atoms with E-state index in [1.807, 2.05) is 36.0 Å². The van der Waals surface area contributed by atoms with Crippen LogP contribution in [0.2, 0.25) is 0 Å². The Bertz CT molecular complexity index is 613. The molecule has 0 heterocycles. The number of phenols is 2. The first-order valence-corrected chi connectivity index (χ1v) is 10.5. The van der Waals surface area contributed by atoms with Crippen LogP contribution >= 0.6 is 11.8 Å². The summed E-state index contributed by atoms with van der Waals surface area (Å²) in [5.41, 5.74) is 1.03. The highest BCUT2D eigenvalue weighted by Crippen LogP contribution is 2.29. The molecule has 3 nitrogen and oxygen atoms in total. The minimum absolute atomic E-state index is 0.289. The lowest BCUT2D eigenvalue weighted by Crippen LogP contribution is -2.16. The summed E-state index contributed by atoms with van der Waals surface area (Å²) in [6.45, 7) is 3.13. The molecule has 1 unspecified atom stereocenters. The third-order valence-electron chi connectivity index (χ3n) is 4.42. The Morgan fingerprint density at radius 2 is 1.38 bits per heavy atom. The second kappa shape index (κ2) is 11.7. The average Bonchev–Trinajstić information content (AvgIpc) is 2.65. The number of rotatable bonds is 12. The third-order valence-corrected chi connectivity index (χ3v) is 5.70. The van der Waals surface area contributed by atoms with Crippen LogP contribution in [0.15, 0.2) is 53.4 Å². The van der Waals surface area contributed by atoms with Gasteiger partial charge >= 0.3 is 0 Å². The van der Waals surface area contributed by atoms with E-state index >= 15 is 0 Å². The second-order valence-electron chi connectivity index (χ2n) is 6.72. The number of hydrogen-bond acceptors (Lipinski definition) is 4. The lowest BCUT2D eigenvalue weighted by molar-refractivity contribution is 0.474. The van der Waals surface area contributed by atoms with Crippen molar-refractivity contribution in [1.29, 1.82) is 0 Å². The Hall–Kier alpha value is -1.81. The number of benzene rings is 2. The van der Waals surface area contributed by atoms with Gasteiger partial charge in [-0.15, -0.1) is 11.8 Å². The molecule has 0 spiro atoms. The minimum atomic E-state index is 0.289. The van der Waals surface area contributed by atoms with Crippen LogP contribution in [0.4, 0.5) is 5.69 Å². The molecule has 2 aromatic rings. The molecule has 0 amide bonds. The number of aromatic hydroxyl groups is 2. The van der Waals surface area contributed by atoms with Crippen molar-refractivity contribution < 1.29 is 10.2 Å². The summed E-state index contributed by atoms with van der Waals surface area (Å²) in [4.78, 5) is 1.19. The van der Waals surface area contributed by atoms with Crippen LogP contribution in [0, 0.1) is 0 Å². The zero-order valence-corrected chi connectivity index (χ0v) is 16.5. The van der Waals surface area contributed by atoms with Gasteiger partial charge in [0.15, 0.2) is 0 Å². The molecule has 0 aliphatic carbocycles. The highest BCUT2D eigenvalue weighted by atomic mass is 32.2. The fourth-order valence-electron chi connectivity index (χ4n) is 2.88. The molecule has 1 atom stereocenters. The minimum Gasteiger partial charge on any atom is -0.508 e. The Morgan fingerprint density at radius 1 is 0.808 bits per heavy atom. The monoisotopic (exact) mass is 373 g/mol. The second-order valence-corrected chi connectivity index (χ2v) is 8.09. The fraction of sp³-hybridized carbons (Fsp3) is 0.455. The summed E-state index contributed by atoms with van der Waals surface area (Å²) < 4.78 is 0. The number of anilines is 1. The molecule has 0 fully saturated rings. The highest BCUT2D eigenvalue weighted by Gasteiger charge is 2.11. The van der Waals surface area contributed by atoms with E-state index in [2.05, 4.69) is 12.2 Å². The van der Waals surface area contributed by atoms with E-state index in [9.17, 15) is 10.2 Å². The maximum Gasteiger partial charge on any atom is 0.115 e. The molecular weight excluding hydrogens is 342 g/mol. The zero-order chi connectivity index (χ0) is 18.6. The number of nitrogens with one attached hydrogen (secondary N) is 1. The van der Waals surface area contributed by atoms with Gasteiger partial charge in [-0.25, -0.2) is 0 Å². The molecule has 2 rings (SSSR count). The molecule has 4 heteroatoms. The SMILES string of the molecule is CCCCCCCCC(CNc1ccc(O)cc1)Sc1ccc(O)cc1. The first-order chi connectivity index (χ1) is 12.7. The van der Waals surface area contributed by atoms with Crippen LogP contribution < -0.4 is 5.32 Å². The van der Waals surface area contributed by atoms with Crippen molar-refractivity contribution in [2.45, 2.75) is 62.0 Å². The van der Waals surface area contributed by atoms with Crippen LogP contribution in [0.25, 0.3) is 0 Å². The van der Waals surface area contributed by atoms with Crippen LogP contribution in [0.5, 0.6) is 11.5 Å². The Morgan fingerprint density at radius 3 is 2.04 bits per heavy atom. The van der Waals surface area contributed by atoms with Gasteiger partial charge < -0.3 is 15.5 Å². The van der Waals surface area contributed by atoms with Crippen molar-refractivity contribution >= 4 is 17.4 Å². The van der Waals surface area contributed by atoms with Crippen molar-refractivity contribution in [2.24, 2.45) is 0 Å². The van der Waals surface area contributed by atoms with Crippen LogP contribution in [0.3, 0.4) is 0 Å². The first-order valence-electron chi connectivity index (χ1n) is 9.66. The topological polar surface area (TPSA) is 52.5 Å². The van der Waals surface area contributed by atoms with E-state index in [0.717, 1.165) is 12.2 Å². The standard InChI is InChI=1S/C22H31NO2S/c1-2-3-4-5-6-7-8-22(26-21-15-13-20(25)14-16-21)17-23-18-9-11-19(24)12-10-18/h9-16,22-25H,2-8,17H2,1H3. The van der Waals surface area contributed by atoms with Crippen molar-refractivity contribution in [1.82, 2.24) is 0 Å². The summed E-state index contributed by atoms with van der Waals surface area (Å²) in [6.07, 6.45) is 9.02. The average molecular weight is 374 g/mol. The van der Waals surface area contributed by atoms with E-state index in [0.29, 0.717) is 11.0 Å². The molecule has 2 aromatic carbocycles. The van der Waals surface area contributed by atoms with Gasteiger partial charge in [-0.2, -0.15) is 0 Å². The van der Waals surface area contributed by atoms with E-state index in [1.54, 1.807) is 24.3 Å². The van der Waals surface area contributed by atoms with E-state index in [1.165, 1.54) is 49.8 Å². The molecule has 0 radical (unpaired) electrons. The lowest BCUT2D eigenvalue weighted by atomic mass is 10.1. The maximum atomic E-state index is 9.47. The van der Waals surface area contributed by atoms with E-state index in [4.69, 9.17) is 0 Å². The van der Waals surface area contributed by atoms with Crippen molar-refractivity contribution in [2.75, 3.05) is 11.9 Å². The number of hydrogen-bond donors (Lipinski definition) is 3. The normalized spacial score (nSPS) is 12.0. The molecule has 0 saturated carbocycles. The summed E-state index contributed by atoms with van der Waals surface area (Å²) in [5.74, 6) is 0.599. The predicted molar refractivity (Wildman–Crippen MR) is 112 cm³/mol.